The number of rotatable bonds is 24. The van der Waals surface area contributed by atoms with Crippen molar-refractivity contribution in [3.63, 3.8) is 0 Å². The van der Waals surface area contributed by atoms with E-state index in [4.69, 9.17) is 21.4 Å². The fourth-order valence-electron chi connectivity index (χ4n) is 7.02. The monoisotopic (exact) mass is 986 g/mol. The largest absolute Gasteiger partial charge is 0.508 e. The van der Waals surface area contributed by atoms with Gasteiger partial charge in [-0.3, -0.25) is 34.0 Å². The minimum absolute atomic E-state index is 0.000224. The number of carbonyl (C=O) groups excluding carboxylic acids is 5. The van der Waals surface area contributed by atoms with Gasteiger partial charge >= 0.3 is 18.1 Å². The Kier molecular flexibility index (Phi) is 25.9. The predicted molar refractivity (Wildman–Crippen MR) is 252 cm³/mol. The molecular weight excluding hydrogens is 912 g/mol. The van der Waals surface area contributed by atoms with Crippen molar-refractivity contribution in [2.75, 3.05) is 32.7 Å². The van der Waals surface area contributed by atoms with Crippen molar-refractivity contribution in [2.24, 2.45) is 38.7 Å². The van der Waals surface area contributed by atoms with Gasteiger partial charge in [0.25, 0.3) is 0 Å². The van der Waals surface area contributed by atoms with E-state index >= 15 is 0 Å². The van der Waals surface area contributed by atoms with Crippen LogP contribution in [0, 0.1) is 17.3 Å². The third kappa shape index (κ3) is 23.0. The standard InChI is InChI=1S/C43H73N11O8.C2HF3O2/c1-9-46-42(47-10-2)49-22-11-14-27(5)35(56)50-30(15-12-21-48-41(44)45)39(60)54-23-13-16-33(54)37(58)51-31(25-28-17-19-29(55)20-18-28)36(57)53-34(43(6,7)8)38(59)52-32(40(61)62)24-26(3)4;3-2(4,5)1(6)7/h17-20,26-27,30-34,55H,9-16,21-25H2,1-8H3,(H,50,56)(H,51,58)(H,52,59)(H,53,57)(H,61,62)(H4,44,45,48)(H2,46,47,49);(H,6,7)/t27-,30-,31-,32-,33-,34+;/m0./s1. The molecule has 0 unspecified atom stereocenters. The van der Waals surface area contributed by atoms with Gasteiger partial charge in [0.2, 0.25) is 29.5 Å². The van der Waals surface area contributed by atoms with Crippen molar-refractivity contribution in [3.05, 3.63) is 29.8 Å². The second kappa shape index (κ2) is 29.5. The zero-order valence-corrected chi connectivity index (χ0v) is 40.9. The molecule has 1 aromatic rings. The molecule has 24 heteroatoms. The lowest BCUT2D eigenvalue weighted by atomic mass is 9.85. The van der Waals surface area contributed by atoms with Crippen LogP contribution in [0.25, 0.3) is 0 Å². The van der Waals surface area contributed by atoms with Crippen molar-refractivity contribution in [1.29, 1.82) is 0 Å². The molecule has 0 saturated carbocycles. The number of guanidine groups is 2. The number of halogens is 3. The summed E-state index contributed by atoms with van der Waals surface area (Å²) in [6, 6.07) is 0.470. The molecule has 1 saturated heterocycles. The summed E-state index contributed by atoms with van der Waals surface area (Å²) >= 11 is 0. The number of carboxylic acids is 2. The van der Waals surface area contributed by atoms with Crippen LogP contribution in [0.15, 0.2) is 34.3 Å². The minimum Gasteiger partial charge on any atom is -0.508 e. The van der Waals surface area contributed by atoms with E-state index in [1.807, 2.05) is 27.7 Å². The highest BCUT2D eigenvalue weighted by Gasteiger charge is 2.41. The van der Waals surface area contributed by atoms with E-state index in [-0.39, 0.29) is 62.3 Å². The molecule has 0 bridgehead atoms. The number of nitrogens with two attached hydrogens (primary N) is 2. The fourth-order valence-corrected chi connectivity index (χ4v) is 7.02. The van der Waals surface area contributed by atoms with Gasteiger partial charge in [-0.05, 0) is 87.8 Å². The van der Waals surface area contributed by atoms with Crippen LogP contribution in [0.1, 0.15) is 106 Å². The smallest absolute Gasteiger partial charge is 0.490 e. The summed E-state index contributed by atoms with van der Waals surface area (Å²) < 4.78 is 31.7. The van der Waals surface area contributed by atoms with Gasteiger partial charge in [0.1, 0.15) is 36.0 Å². The van der Waals surface area contributed by atoms with Crippen LogP contribution in [-0.4, -0.2) is 143 Å². The van der Waals surface area contributed by atoms with E-state index in [1.54, 1.807) is 39.8 Å². The number of hydrogen-bond donors (Lipinski definition) is 11. The number of phenols is 1. The third-order valence-electron chi connectivity index (χ3n) is 10.6. The van der Waals surface area contributed by atoms with Crippen LogP contribution in [-0.2, 0) is 40.0 Å². The zero-order chi connectivity index (χ0) is 52.6. The molecular formula is C45H74F3N11O10. The summed E-state index contributed by atoms with van der Waals surface area (Å²) in [5.41, 5.74) is 10.7. The maximum atomic E-state index is 14.3. The maximum absolute atomic E-state index is 14.3. The van der Waals surface area contributed by atoms with Crippen molar-refractivity contribution >= 4 is 53.4 Å². The van der Waals surface area contributed by atoms with Gasteiger partial charge in [0.15, 0.2) is 11.9 Å². The summed E-state index contributed by atoms with van der Waals surface area (Å²) in [4.78, 5) is 101. The van der Waals surface area contributed by atoms with Gasteiger partial charge in [-0.15, -0.1) is 0 Å². The van der Waals surface area contributed by atoms with Crippen LogP contribution in [0.4, 0.5) is 13.2 Å². The van der Waals surface area contributed by atoms with Crippen molar-refractivity contribution in [3.8, 4) is 5.75 Å². The Balaban J connectivity index is 0.00000314. The molecule has 1 aliphatic heterocycles. The normalized spacial score (nSPS) is 15.7. The van der Waals surface area contributed by atoms with Crippen LogP contribution in [0.5, 0.6) is 5.75 Å². The topological polar surface area (TPSA) is 332 Å². The Labute approximate surface area is 401 Å². The van der Waals surface area contributed by atoms with E-state index in [9.17, 15) is 52.2 Å². The number of aromatic hydroxyl groups is 1. The summed E-state index contributed by atoms with van der Waals surface area (Å²) in [5.74, 6) is -6.65. The van der Waals surface area contributed by atoms with E-state index in [1.165, 1.54) is 17.0 Å². The van der Waals surface area contributed by atoms with Gasteiger partial charge in [0, 0.05) is 45.1 Å². The predicted octanol–water partition coefficient (Wildman–Crippen LogP) is 1.72. The first-order valence-electron chi connectivity index (χ1n) is 23.0. The number of alkyl halides is 3. The molecule has 1 heterocycles. The van der Waals surface area contributed by atoms with E-state index in [0.717, 1.165) is 0 Å². The molecule has 13 N–H and O–H groups in total. The Morgan fingerprint density at radius 2 is 1.33 bits per heavy atom. The molecule has 1 fully saturated rings. The molecule has 1 aromatic carbocycles. The number of benzene rings is 1. The first kappa shape index (κ1) is 60.7. The average Bonchev–Trinajstić information content (AvgIpc) is 3.75. The molecule has 2 rings (SSSR count). The third-order valence-corrected chi connectivity index (χ3v) is 10.6. The Hall–Kier alpha value is -6.36. The summed E-state index contributed by atoms with van der Waals surface area (Å²) in [5, 5.41) is 44.2. The molecule has 0 radical (unpaired) electrons. The Morgan fingerprint density at radius 1 is 0.783 bits per heavy atom. The number of carbonyl (C=O) groups is 7. The van der Waals surface area contributed by atoms with Gasteiger partial charge in [-0.2, -0.15) is 13.2 Å². The fraction of sp³-hybridized carbons (Fsp3) is 0.667. The number of amides is 5. The van der Waals surface area contributed by atoms with Crippen molar-refractivity contribution in [1.82, 2.24) is 36.8 Å². The summed E-state index contributed by atoms with van der Waals surface area (Å²) in [7, 11) is 0. The number of phenolic OH excluding ortho intramolecular Hbond substituents is 1. The highest BCUT2D eigenvalue weighted by atomic mass is 19.4. The van der Waals surface area contributed by atoms with E-state index < -0.39 is 83.3 Å². The second-order valence-electron chi connectivity index (χ2n) is 18.1. The minimum atomic E-state index is -5.08. The molecule has 390 valence electrons. The van der Waals surface area contributed by atoms with Crippen LogP contribution in [0.3, 0.4) is 0 Å². The Morgan fingerprint density at radius 3 is 1.84 bits per heavy atom. The SMILES string of the molecule is CCNC(=NCCC[C@H](C)C(=O)N[C@@H](CCCN=C(N)N)C(=O)N1CCC[C@H]1C(=O)N[C@@H](Cc1ccc(O)cc1)C(=O)N[C@H](C(=O)N[C@@H](CC(C)C)C(=O)O)C(C)(C)C)NCC.O=C(O)C(F)(F)F. The van der Waals surface area contributed by atoms with Crippen LogP contribution in [0.2, 0.25) is 0 Å². The number of aliphatic imine (C=N–C) groups is 2. The average molecular weight is 986 g/mol. The lowest BCUT2D eigenvalue weighted by Crippen LogP contribution is -2.61. The van der Waals surface area contributed by atoms with Crippen LogP contribution < -0.4 is 43.4 Å². The van der Waals surface area contributed by atoms with Crippen molar-refractivity contribution < 1.29 is 62.1 Å². The number of nitrogens with zero attached hydrogens (tertiary/aromatic N) is 3. The number of hydrogen-bond acceptors (Lipinski definition) is 10. The molecule has 1 aliphatic rings. The molecule has 0 aromatic heterocycles. The molecule has 69 heavy (non-hydrogen) atoms. The van der Waals surface area contributed by atoms with Gasteiger partial charge in [-0.25, -0.2) is 9.59 Å². The molecule has 0 spiro atoms. The second-order valence-corrected chi connectivity index (χ2v) is 18.1. The van der Waals surface area contributed by atoms with E-state index in [2.05, 4.69) is 41.9 Å². The molecule has 5 amide bonds. The quantitative estimate of drug-likeness (QED) is 0.0399. The number of nitrogens with one attached hydrogen (secondary N) is 6. The maximum Gasteiger partial charge on any atom is 0.490 e. The van der Waals surface area contributed by atoms with Gasteiger partial charge < -0.3 is 63.6 Å². The van der Waals surface area contributed by atoms with E-state index in [0.29, 0.717) is 56.8 Å². The lowest BCUT2D eigenvalue weighted by Gasteiger charge is -2.33. The first-order valence-corrected chi connectivity index (χ1v) is 23.0. The van der Waals surface area contributed by atoms with Gasteiger partial charge in [0.05, 0.1) is 0 Å². The number of carboxylic acid groups (broad SMARTS) is 2. The Bertz CT molecular complexity index is 1900. The molecule has 6 atom stereocenters. The first-order chi connectivity index (χ1) is 32.1. The van der Waals surface area contributed by atoms with Crippen LogP contribution >= 0.6 is 0 Å². The summed E-state index contributed by atoms with van der Waals surface area (Å²) in [6.07, 6.45) is -2.47. The molecule has 21 nitrogen and oxygen atoms in total. The molecule has 0 aliphatic carbocycles. The number of aliphatic carboxylic acids is 2. The number of likely N-dealkylation sites (tertiary alicyclic amines) is 1. The zero-order valence-electron chi connectivity index (χ0n) is 40.9. The van der Waals surface area contributed by atoms with Crippen molar-refractivity contribution in [2.45, 2.75) is 143 Å². The van der Waals surface area contributed by atoms with Gasteiger partial charge in [-0.1, -0.05) is 53.7 Å². The highest BCUT2D eigenvalue weighted by molar-refractivity contribution is 5.97. The lowest BCUT2D eigenvalue weighted by molar-refractivity contribution is -0.192. The summed E-state index contributed by atoms with van der Waals surface area (Å²) in [6.45, 7) is 16.9. The highest BCUT2D eigenvalue weighted by Crippen LogP contribution is 2.23.